The van der Waals surface area contributed by atoms with Gasteiger partial charge in [0.1, 0.15) is 0 Å². The number of nitrogens with two attached hydrogens (primary N) is 1. The number of aliphatic hydroxyl groups excluding tert-OH is 1. The normalized spacial score (nSPS) is 13.5. The molecule has 0 saturated carbocycles. The minimum Gasteiger partial charge on any atom is -0.392 e. The van der Waals surface area contributed by atoms with Crippen LogP contribution in [0, 0.1) is 0 Å². The van der Waals surface area contributed by atoms with Crippen LogP contribution < -0.4 is 5.73 Å². The fraction of sp³-hybridized carbons (Fsp3) is 1.00. The third-order valence-electron chi connectivity index (χ3n) is 1.22. The summed E-state index contributed by atoms with van der Waals surface area (Å²) >= 11 is 0. The van der Waals surface area contributed by atoms with Crippen LogP contribution in [0.5, 0.6) is 0 Å². The maximum Gasteiger partial charge on any atom is 0.0684 e. The van der Waals surface area contributed by atoms with Crippen molar-refractivity contribution >= 4 is 0 Å². The second-order valence-electron chi connectivity index (χ2n) is 2.29. The summed E-state index contributed by atoms with van der Waals surface area (Å²) in [6, 6.07) is 0. The summed E-state index contributed by atoms with van der Waals surface area (Å²) in [5.74, 6) is 0. The highest BCUT2D eigenvalue weighted by molar-refractivity contribution is 4.53. The molecule has 0 aliphatic carbocycles. The summed E-state index contributed by atoms with van der Waals surface area (Å²) in [5, 5.41) is 8.95. The Morgan fingerprint density at radius 2 is 2.20 bits per heavy atom. The summed E-state index contributed by atoms with van der Waals surface area (Å²) < 4.78 is 5.14. The van der Waals surface area contributed by atoms with Crippen LogP contribution in [-0.2, 0) is 4.74 Å². The van der Waals surface area contributed by atoms with Gasteiger partial charge in [0, 0.05) is 19.8 Å². The van der Waals surface area contributed by atoms with E-state index in [2.05, 4.69) is 6.92 Å². The Morgan fingerprint density at radius 1 is 1.50 bits per heavy atom. The van der Waals surface area contributed by atoms with Gasteiger partial charge in [0.15, 0.2) is 0 Å². The average Bonchev–Trinajstić information content (AvgIpc) is 1.98. The second kappa shape index (κ2) is 6.99. The summed E-state index contributed by atoms with van der Waals surface area (Å²) in [7, 11) is 0. The summed E-state index contributed by atoms with van der Waals surface area (Å²) in [4.78, 5) is 0. The fourth-order valence-electron chi connectivity index (χ4n) is 0.584. The molecule has 0 amide bonds. The van der Waals surface area contributed by atoms with Crippen molar-refractivity contribution in [1.82, 2.24) is 0 Å². The van der Waals surface area contributed by atoms with Crippen molar-refractivity contribution in [2.24, 2.45) is 5.73 Å². The zero-order valence-electron chi connectivity index (χ0n) is 6.55. The molecular weight excluding hydrogens is 130 g/mol. The molecule has 0 radical (unpaired) electrons. The molecule has 0 aromatic rings. The van der Waals surface area contributed by atoms with Crippen LogP contribution in [-0.4, -0.2) is 31.0 Å². The SMILES string of the molecule is CCCOCCC(O)CN. The highest BCUT2D eigenvalue weighted by Gasteiger charge is 1.98. The molecule has 1 unspecified atom stereocenters. The Balaban J connectivity index is 2.89. The lowest BCUT2D eigenvalue weighted by Crippen LogP contribution is -2.21. The van der Waals surface area contributed by atoms with Gasteiger partial charge >= 0.3 is 0 Å². The van der Waals surface area contributed by atoms with E-state index >= 15 is 0 Å². The number of rotatable bonds is 6. The molecule has 0 rings (SSSR count). The topological polar surface area (TPSA) is 55.5 Å². The zero-order valence-corrected chi connectivity index (χ0v) is 6.55. The van der Waals surface area contributed by atoms with E-state index in [-0.39, 0.29) is 0 Å². The lowest BCUT2D eigenvalue weighted by Gasteiger charge is -2.06. The minimum absolute atomic E-state index is 0.329. The average molecular weight is 147 g/mol. The van der Waals surface area contributed by atoms with Crippen LogP contribution in [0.25, 0.3) is 0 Å². The van der Waals surface area contributed by atoms with Crippen molar-refractivity contribution in [2.75, 3.05) is 19.8 Å². The van der Waals surface area contributed by atoms with Gasteiger partial charge in [0.2, 0.25) is 0 Å². The summed E-state index contributed by atoms with van der Waals surface area (Å²) in [6.45, 7) is 3.78. The van der Waals surface area contributed by atoms with E-state index in [0.29, 0.717) is 19.6 Å². The maximum atomic E-state index is 8.95. The quantitative estimate of drug-likeness (QED) is 0.525. The molecule has 0 aromatic carbocycles. The number of ether oxygens (including phenoxy) is 1. The van der Waals surface area contributed by atoms with E-state index < -0.39 is 6.10 Å². The van der Waals surface area contributed by atoms with Crippen LogP contribution in [0.2, 0.25) is 0 Å². The van der Waals surface area contributed by atoms with Gasteiger partial charge in [-0.25, -0.2) is 0 Å². The standard InChI is InChI=1S/C7H17NO2/c1-2-4-10-5-3-7(9)6-8/h7,9H,2-6,8H2,1H3. The Bertz CT molecular complexity index is 68.6. The molecule has 0 spiro atoms. The summed E-state index contributed by atoms with van der Waals surface area (Å²) in [6.07, 6.45) is 1.28. The largest absolute Gasteiger partial charge is 0.392 e. The highest BCUT2D eigenvalue weighted by Crippen LogP contribution is 1.90. The van der Waals surface area contributed by atoms with Crippen molar-refractivity contribution in [3.05, 3.63) is 0 Å². The van der Waals surface area contributed by atoms with E-state index in [1.807, 2.05) is 0 Å². The van der Waals surface area contributed by atoms with Crippen molar-refractivity contribution in [3.8, 4) is 0 Å². The molecule has 0 aliphatic rings. The third-order valence-corrected chi connectivity index (χ3v) is 1.22. The van der Waals surface area contributed by atoms with Gasteiger partial charge in [0.25, 0.3) is 0 Å². The number of hydrogen-bond donors (Lipinski definition) is 2. The van der Waals surface area contributed by atoms with Gasteiger partial charge < -0.3 is 15.6 Å². The van der Waals surface area contributed by atoms with E-state index in [4.69, 9.17) is 15.6 Å². The van der Waals surface area contributed by atoms with Gasteiger partial charge in [0.05, 0.1) is 6.10 Å². The molecule has 1 atom stereocenters. The van der Waals surface area contributed by atoms with Crippen LogP contribution in [0.3, 0.4) is 0 Å². The number of hydrogen-bond acceptors (Lipinski definition) is 3. The predicted octanol–water partition coefficient (Wildman–Crippen LogP) is 0.123. The van der Waals surface area contributed by atoms with Crippen LogP contribution in [0.4, 0.5) is 0 Å². The highest BCUT2D eigenvalue weighted by atomic mass is 16.5. The van der Waals surface area contributed by atoms with Crippen molar-refractivity contribution in [1.29, 1.82) is 0 Å². The monoisotopic (exact) mass is 147 g/mol. The molecule has 0 aromatic heterocycles. The van der Waals surface area contributed by atoms with Crippen LogP contribution in [0.1, 0.15) is 19.8 Å². The van der Waals surface area contributed by atoms with Gasteiger partial charge in [-0.2, -0.15) is 0 Å². The smallest absolute Gasteiger partial charge is 0.0684 e. The van der Waals surface area contributed by atoms with Crippen LogP contribution >= 0.6 is 0 Å². The zero-order chi connectivity index (χ0) is 7.82. The maximum absolute atomic E-state index is 8.95. The molecule has 3 heteroatoms. The first-order valence-electron chi connectivity index (χ1n) is 3.77. The molecule has 0 bridgehead atoms. The van der Waals surface area contributed by atoms with Crippen molar-refractivity contribution < 1.29 is 9.84 Å². The van der Waals surface area contributed by atoms with Crippen molar-refractivity contribution in [2.45, 2.75) is 25.9 Å². The molecule has 3 nitrogen and oxygen atoms in total. The first-order chi connectivity index (χ1) is 4.81. The second-order valence-corrected chi connectivity index (χ2v) is 2.29. The fourth-order valence-corrected chi connectivity index (χ4v) is 0.584. The number of aliphatic hydroxyl groups is 1. The van der Waals surface area contributed by atoms with E-state index in [1.165, 1.54) is 0 Å². The molecule has 10 heavy (non-hydrogen) atoms. The van der Waals surface area contributed by atoms with E-state index in [1.54, 1.807) is 0 Å². The Kier molecular flexibility index (Phi) is 6.91. The van der Waals surface area contributed by atoms with Gasteiger partial charge in [-0.15, -0.1) is 0 Å². The Hall–Kier alpha value is -0.120. The molecule has 0 fully saturated rings. The molecule has 0 heterocycles. The van der Waals surface area contributed by atoms with Crippen LogP contribution in [0.15, 0.2) is 0 Å². The molecular formula is C7H17NO2. The third kappa shape index (κ3) is 6.01. The van der Waals surface area contributed by atoms with Gasteiger partial charge in [-0.3, -0.25) is 0 Å². The van der Waals surface area contributed by atoms with Gasteiger partial charge in [-0.1, -0.05) is 6.92 Å². The van der Waals surface area contributed by atoms with E-state index in [0.717, 1.165) is 13.0 Å². The molecule has 62 valence electrons. The molecule has 0 saturated heterocycles. The lowest BCUT2D eigenvalue weighted by atomic mass is 10.3. The van der Waals surface area contributed by atoms with Gasteiger partial charge in [-0.05, 0) is 12.8 Å². The first kappa shape index (κ1) is 9.88. The molecule has 0 aliphatic heterocycles. The first-order valence-corrected chi connectivity index (χ1v) is 3.77. The van der Waals surface area contributed by atoms with E-state index in [9.17, 15) is 0 Å². The predicted molar refractivity (Wildman–Crippen MR) is 40.8 cm³/mol. The Morgan fingerprint density at radius 3 is 2.70 bits per heavy atom. The summed E-state index contributed by atoms with van der Waals surface area (Å²) in [5.41, 5.74) is 5.18. The molecule has 3 N–H and O–H groups in total. The van der Waals surface area contributed by atoms with Crippen molar-refractivity contribution in [3.63, 3.8) is 0 Å². The lowest BCUT2D eigenvalue weighted by molar-refractivity contribution is 0.0857. The minimum atomic E-state index is -0.392. The Labute approximate surface area is 62.2 Å².